The van der Waals surface area contributed by atoms with Gasteiger partial charge in [0.25, 0.3) is 0 Å². The van der Waals surface area contributed by atoms with Crippen molar-refractivity contribution in [2.24, 2.45) is 0 Å². The number of hydrogen-bond donors (Lipinski definition) is 3. The molecule has 8 heteroatoms. The smallest absolute Gasteiger partial charge is 0.358 e. The quantitative estimate of drug-likeness (QED) is 0.505. The second-order valence-corrected chi connectivity index (χ2v) is 9.45. The summed E-state index contributed by atoms with van der Waals surface area (Å²) in [7, 11) is 0. The van der Waals surface area contributed by atoms with Gasteiger partial charge in [0.15, 0.2) is 11.4 Å². The number of fused-ring (bicyclic) bond motifs is 1. The first-order chi connectivity index (χ1) is 15.9. The zero-order valence-electron chi connectivity index (χ0n) is 19.1. The van der Waals surface area contributed by atoms with Gasteiger partial charge in [-0.05, 0) is 63.1 Å². The molecule has 1 aliphatic carbocycles. The maximum absolute atomic E-state index is 12.4. The first-order valence-electron chi connectivity index (χ1n) is 11.8. The maximum atomic E-state index is 12.4. The average molecular weight is 477 g/mol. The summed E-state index contributed by atoms with van der Waals surface area (Å²) in [5.74, 6) is 0.104. The number of ether oxygens (including phenoxy) is 2. The standard InChI is InChI=1S/C25H33ClN2O5/c1-2-32-24(30)22-23(20-5-3-4-6-21(20)27-22)33-16-19(29)15-28-13-11-25(31,12-14-28)17-7-9-18(26)10-8-17/h7-10,19,27,29,31H,2-6,11-16H2,1H3. The van der Waals surface area contributed by atoms with Crippen LogP contribution < -0.4 is 4.74 Å². The number of piperidine rings is 1. The third kappa shape index (κ3) is 5.54. The van der Waals surface area contributed by atoms with Crippen LogP contribution in [0.4, 0.5) is 0 Å². The molecule has 33 heavy (non-hydrogen) atoms. The highest BCUT2D eigenvalue weighted by Crippen LogP contribution is 2.35. The molecule has 0 bridgehead atoms. The summed E-state index contributed by atoms with van der Waals surface area (Å²) in [6.07, 6.45) is 4.33. The first-order valence-corrected chi connectivity index (χ1v) is 12.2. The van der Waals surface area contributed by atoms with E-state index in [9.17, 15) is 15.0 Å². The van der Waals surface area contributed by atoms with Crippen LogP contribution in [0.15, 0.2) is 24.3 Å². The maximum Gasteiger partial charge on any atom is 0.358 e. The van der Waals surface area contributed by atoms with Crippen LogP contribution in [0.1, 0.15) is 59.9 Å². The predicted octanol–water partition coefficient (Wildman–Crippen LogP) is 3.45. The topological polar surface area (TPSA) is 95.0 Å². The molecule has 1 aromatic heterocycles. The molecule has 0 radical (unpaired) electrons. The Morgan fingerprint density at radius 1 is 1.21 bits per heavy atom. The number of nitrogens with zero attached hydrogens (tertiary/aromatic N) is 1. The summed E-state index contributed by atoms with van der Waals surface area (Å²) in [5.41, 5.74) is 2.41. The predicted molar refractivity (Wildman–Crippen MR) is 126 cm³/mol. The van der Waals surface area contributed by atoms with Crippen LogP contribution >= 0.6 is 11.6 Å². The Morgan fingerprint density at radius 2 is 1.91 bits per heavy atom. The van der Waals surface area contributed by atoms with Gasteiger partial charge < -0.3 is 29.6 Å². The summed E-state index contributed by atoms with van der Waals surface area (Å²) < 4.78 is 11.2. The molecule has 4 rings (SSSR count). The molecule has 1 aliphatic heterocycles. The van der Waals surface area contributed by atoms with E-state index in [-0.39, 0.29) is 6.61 Å². The first kappa shape index (κ1) is 24.1. The van der Waals surface area contributed by atoms with Crippen LogP contribution in [0.2, 0.25) is 5.02 Å². The van der Waals surface area contributed by atoms with E-state index in [0.29, 0.717) is 55.5 Å². The van der Waals surface area contributed by atoms with E-state index in [1.165, 1.54) is 0 Å². The summed E-state index contributed by atoms with van der Waals surface area (Å²) in [6, 6.07) is 7.35. The van der Waals surface area contributed by atoms with Gasteiger partial charge in [-0.2, -0.15) is 0 Å². The van der Waals surface area contributed by atoms with Crippen molar-refractivity contribution in [2.75, 3.05) is 32.8 Å². The Kier molecular flexibility index (Phi) is 7.64. The number of hydrogen-bond acceptors (Lipinski definition) is 6. The Morgan fingerprint density at radius 3 is 2.61 bits per heavy atom. The number of halogens is 1. The number of aromatic amines is 1. The van der Waals surface area contributed by atoms with Crippen LogP contribution in [0, 0.1) is 0 Å². The third-order valence-electron chi connectivity index (χ3n) is 6.68. The number of esters is 1. The molecule has 0 saturated carbocycles. The second-order valence-electron chi connectivity index (χ2n) is 9.02. The third-order valence-corrected chi connectivity index (χ3v) is 6.93. The molecule has 3 N–H and O–H groups in total. The highest BCUT2D eigenvalue weighted by molar-refractivity contribution is 6.30. The zero-order valence-corrected chi connectivity index (χ0v) is 19.9. The van der Waals surface area contributed by atoms with Crippen molar-refractivity contribution < 1.29 is 24.5 Å². The van der Waals surface area contributed by atoms with Gasteiger partial charge in [-0.1, -0.05) is 23.7 Å². The molecule has 2 aromatic rings. The summed E-state index contributed by atoms with van der Waals surface area (Å²) >= 11 is 5.97. The molecule has 180 valence electrons. The number of aryl methyl sites for hydroxylation is 1. The zero-order chi connectivity index (χ0) is 23.4. The number of β-amino-alcohol motifs (C(OH)–C–C–N with tert-alkyl or cyclic N) is 1. The highest BCUT2D eigenvalue weighted by atomic mass is 35.5. The number of aliphatic hydroxyl groups excluding tert-OH is 1. The molecule has 7 nitrogen and oxygen atoms in total. The number of aromatic nitrogens is 1. The minimum atomic E-state index is -0.874. The molecule has 1 unspecified atom stereocenters. The number of benzene rings is 1. The monoisotopic (exact) mass is 476 g/mol. The van der Waals surface area contributed by atoms with E-state index >= 15 is 0 Å². The molecular formula is C25H33ClN2O5. The second kappa shape index (κ2) is 10.5. The highest BCUT2D eigenvalue weighted by Gasteiger charge is 2.34. The largest absolute Gasteiger partial charge is 0.488 e. The summed E-state index contributed by atoms with van der Waals surface area (Å²) in [5, 5.41) is 22.3. The lowest BCUT2D eigenvalue weighted by Crippen LogP contribution is -2.46. The van der Waals surface area contributed by atoms with Gasteiger partial charge >= 0.3 is 5.97 Å². The van der Waals surface area contributed by atoms with E-state index in [1.54, 1.807) is 19.1 Å². The molecule has 1 fully saturated rings. The van der Waals surface area contributed by atoms with Crippen LogP contribution in [-0.2, 0) is 23.2 Å². The Labute approximate surface area is 199 Å². The van der Waals surface area contributed by atoms with Gasteiger partial charge in [-0.25, -0.2) is 4.79 Å². The number of carbonyl (C=O) groups excluding carboxylic acids is 1. The van der Waals surface area contributed by atoms with Gasteiger partial charge in [-0.3, -0.25) is 0 Å². The van der Waals surface area contributed by atoms with Crippen LogP contribution in [0.5, 0.6) is 5.75 Å². The van der Waals surface area contributed by atoms with E-state index in [2.05, 4.69) is 9.88 Å². The fourth-order valence-electron chi connectivity index (χ4n) is 4.84. The van der Waals surface area contributed by atoms with Crippen molar-refractivity contribution in [1.82, 2.24) is 9.88 Å². The van der Waals surface area contributed by atoms with E-state index in [1.807, 2.05) is 12.1 Å². The molecule has 0 spiro atoms. The van der Waals surface area contributed by atoms with Crippen LogP contribution in [0.3, 0.4) is 0 Å². The van der Waals surface area contributed by atoms with Gasteiger partial charge in [0.2, 0.25) is 0 Å². The molecule has 1 atom stereocenters. The summed E-state index contributed by atoms with van der Waals surface area (Å²) in [6.45, 7) is 3.94. The molecule has 1 aromatic carbocycles. The van der Waals surface area contributed by atoms with Crippen molar-refractivity contribution in [1.29, 1.82) is 0 Å². The lowest BCUT2D eigenvalue weighted by molar-refractivity contribution is -0.0372. The SMILES string of the molecule is CCOC(=O)c1[nH]c2c(c1OCC(O)CN1CCC(O)(c3ccc(Cl)cc3)CC1)CCCC2. The number of carbonyl (C=O) groups is 1. The van der Waals surface area contributed by atoms with E-state index in [0.717, 1.165) is 42.5 Å². The molecule has 1 saturated heterocycles. The van der Waals surface area contributed by atoms with E-state index < -0.39 is 17.7 Å². The number of rotatable bonds is 8. The van der Waals surface area contributed by atoms with Crippen molar-refractivity contribution in [2.45, 2.75) is 57.2 Å². The van der Waals surface area contributed by atoms with Gasteiger partial charge in [0, 0.05) is 35.9 Å². The Balaban J connectivity index is 1.33. The lowest BCUT2D eigenvalue weighted by atomic mass is 9.84. The minimum absolute atomic E-state index is 0.0919. The fraction of sp³-hybridized carbons (Fsp3) is 0.560. The van der Waals surface area contributed by atoms with E-state index in [4.69, 9.17) is 21.1 Å². The molecule has 2 aliphatic rings. The van der Waals surface area contributed by atoms with Gasteiger partial charge in [-0.15, -0.1) is 0 Å². The van der Waals surface area contributed by atoms with Gasteiger partial charge in [0.1, 0.15) is 12.7 Å². The average Bonchev–Trinajstić information content (AvgIpc) is 3.19. The van der Waals surface area contributed by atoms with Crippen LogP contribution in [-0.4, -0.2) is 65.0 Å². The Hall–Kier alpha value is -2.06. The number of likely N-dealkylation sites (tertiary alicyclic amines) is 1. The fourth-order valence-corrected chi connectivity index (χ4v) is 4.97. The molecular weight excluding hydrogens is 444 g/mol. The lowest BCUT2D eigenvalue weighted by Gasteiger charge is -2.39. The van der Waals surface area contributed by atoms with Gasteiger partial charge in [0.05, 0.1) is 12.2 Å². The number of H-pyrrole nitrogens is 1. The van der Waals surface area contributed by atoms with Crippen molar-refractivity contribution >= 4 is 17.6 Å². The van der Waals surface area contributed by atoms with Crippen LogP contribution in [0.25, 0.3) is 0 Å². The van der Waals surface area contributed by atoms with Crippen molar-refractivity contribution in [3.63, 3.8) is 0 Å². The normalized spacial score (nSPS) is 19.0. The molecule has 0 amide bonds. The van der Waals surface area contributed by atoms with Crippen molar-refractivity contribution in [3.05, 3.63) is 51.8 Å². The Bertz CT molecular complexity index is 950. The van der Waals surface area contributed by atoms with Crippen molar-refractivity contribution in [3.8, 4) is 5.75 Å². The summed E-state index contributed by atoms with van der Waals surface area (Å²) in [4.78, 5) is 17.7. The minimum Gasteiger partial charge on any atom is -0.488 e. The number of aliphatic hydroxyl groups is 2. The number of nitrogens with one attached hydrogen (secondary N) is 1. The molecule has 2 heterocycles.